The summed E-state index contributed by atoms with van der Waals surface area (Å²) in [4.78, 5) is 4.49. The molecular formula is C18H19NO2. The topological polar surface area (TPSA) is 30.8 Å². The average molecular weight is 281 g/mol. The van der Waals surface area contributed by atoms with Crippen molar-refractivity contribution >= 4 is 11.9 Å². The lowest BCUT2D eigenvalue weighted by molar-refractivity contribution is 0.174. The highest BCUT2D eigenvalue weighted by molar-refractivity contribution is 5.82. The van der Waals surface area contributed by atoms with Crippen LogP contribution in [0, 0.1) is 0 Å². The molecule has 1 aliphatic heterocycles. The van der Waals surface area contributed by atoms with Crippen molar-refractivity contribution in [1.82, 2.24) is 0 Å². The number of benzene rings is 2. The third-order valence-corrected chi connectivity index (χ3v) is 3.84. The SMILES string of the molecule is CCC(C)c1ccc(C=Nc2ccc3c(c2)OCO3)cc1. The Kier molecular flexibility index (Phi) is 3.91. The van der Waals surface area contributed by atoms with Crippen molar-refractivity contribution in [1.29, 1.82) is 0 Å². The number of aliphatic imine (C=N–C) groups is 1. The van der Waals surface area contributed by atoms with E-state index in [1.807, 2.05) is 24.4 Å². The normalized spacial score (nSPS) is 14.6. The van der Waals surface area contributed by atoms with Crippen LogP contribution >= 0.6 is 0 Å². The molecule has 0 spiro atoms. The van der Waals surface area contributed by atoms with Gasteiger partial charge >= 0.3 is 0 Å². The summed E-state index contributed by atoms with van der Waals surface area (Å²) in [6, 6.07) is 14.3. The highest BCUT2D eigenvalue weighted by Gasteiger charge is 2.12. The molecule has 0 saturated heterocycles. The van der Waals surface area contributed by atoms with Gasteiger partial charge in [-0.25, -0.2) is 0 Å². The molecule has 0 aliphatic carbocycles. The number of nitrogens with zero attached hydrogens (tertiary/aromatic N) is 1. The van der Waals surface area contributed by atoms with Gasteiger partial charge in [0.1, 0.15) is 0 Å². The van der Waals surface area contributed by atoms with E-state index in [1.165, 1.54) is 5.56 Å². The first-order valence-corrected chi connectivity index (χ1v) is 7.30. The summed E-state index contributed by atoms with van der Waals surface area (Å²) < 4.78 is 10.6. The fourth-order valence-electron chi connectivity index (χ4n) is 2.26. The average Bonchev–Trinajstić information content (AvgIpc) is 3.00. The third kappa shape index (κ3) is 3.07. The van der Waals surface area contributed by atoms with E-state index in [4.69, 9.17) is 9.47 Å². The largest absolute Gasteiger partial charge is 0.454 e. The first-order chi connectivity index (χ1) is 10.3. The van der Waals surface area contributed by atoms with E-state index >= 15 is 0 Å². The molecule has 2 aromatic carbocycles. The van der Waals surface area contributed by atoms with Crippen molar-refractivity contribution in [3.8, 4) is 11.5 Å². The minimum atomic E-state index is 0.291. The van der Waals surface area contributed by atoms with Gasteiger partial charge in [-0.3, -0.25) is 4.99 Å². The predicted octanol–water partition coefficient (Wildman–Crippen LogP) is 4.68. The highest BCUT2D eigenvalue weighted by Crippen LogP contribution is 2.35. The molecule has 0 saturated carbocycles. The molecule has 1 atom stereocenters. The Morgan fingerprint density at radius 1 is 1.10 bits per heavy atom. The molecule has 0 amide bonds. The standard InChI is InChI=1S/C18H19NO2/c1-3-13(2)15-6-4-14(5-7-15)11-19-16-8-9-17-18(10-16)21-12-20-17/h4-11,13H,3,12H2,1-2H3. The molecule has 0 aromatic heterocycles. The Hall–Kier alpha value is -2.29. The van der Waals surface area contributed by atoms with E-state index in [0.29, 0.717) is 12.7 Å². The first-order valence-electron chi connectivity index (χ1n) is 7.30. The van der Waals surface area contributed by atoms with Crippen LogP contribution in [0.2, 0.25) is 0 Å². The van der Waals surface area contributed by atoms with Crippen LogP contribution in [0.1, 0.15) is 37.3 Å². The van der Waals surface area contributed by atoms with Crippen molar-refractivity contribution in [3.05, 3.63) is 53.6 Å². The van der Waals surface area contributed by atoms with Gasteiger partial charge in [-0.1, -0.05) is 38.1 Å². The smallest absolute Gasteiger partial charge is 0.231 e. The van der Waals surface area contributed by atoms with Crippen LogP contribution in [0.15, 0.2) is 47.5 Å². The van der Waals surface area contributed by atoms with Crippen LogP contribution in [0.4, 0.5) is 5.69 Å². The molecule has 108 valence electrons. The minimum Gasteiger partial charge on any atom is -0.454 e. The monoisotopic (exact) mass is 281 g/mol. The van der Waals surface area contributed by atoms with E-state index in [-0.39, 0.29) is 0 Å². The minimum absolute atomic E-state index is 0.291. The molecule has 1 aliphatic rings. The van der Waals surface area contributed by atoms with Crippen LogP contribution in [0.5, 0.6) is 11.5 Å². The summed E-state index contributed by atoms with van der Waals surface area (Å²) in [6.45, 7) is 4.74. The van der Waals surface area contributed by atoms with E-state index in [2.05, 4.69) is 43.1 Å². The Balaban J connectivity index is 1.74. The van der Waals surface area contributed by atoms with Crippen molar-refractivity contribution in [3.63, 3.8) is 0 Å². The molecule has 3 rings (SSSR count). The van der Waals surface area contributed by atoms with Crippen molar-refractivity contribution in [2.75, 3.05) is 6.79 Å². The summed E-state index contributed by atoms with van der Waals surface area (Å²) >= 11 is 0. The molecule has 0 bridgehead atoms. The second-order valence-corrected chi connectivity index (χ2v) is 5.27. The van der Waals surface area contributed by atoms with Gasteiger partial charge in [-0.2, -0.15) is 0 Å². The van der Waals surface area contributed by atoms with Crippen LogP contribution in [0.3, 0.4) is 0 Å². The van der Waals surface area contributed by atoms with Crippen LogP contribution in [0.25, 0.3) is 0 Å². The van der Waals surface area contributed by atoms with Crippen LogP contribution < -0.4 is 9.47 Å². The predicted molar refractivity (Wildman–Crippen MR) is 85.0 cm³/mol. The highest BCUT2D eigenvalue weighted by atomic mass is 16.7. The summed E-state index contributed by atoms with van der Waals surface area (Å²) in [6.07, 6.45) is 3.03. The Morgan fingerprint density at radius 2 is 1.86 bits per heavy atom. The lowest BCUT2D eigenvalue weighted by atomic mass is 9.98. The van der Waals surface area contributed by atoms with Crippen LogP contribution in [-0.4, -0.2) is 13.0 Å². The molecule has 3 nitrogen and oxygen atoms in total. The number of ether oxygens (including phenoxy) is 2. The third-order valence-electron chi connectivity index (χ3n) is 3.84. The van der Waals surface area contributed by atoms with Gasteiger partial charge in [0.15, 0.2) is 11.5 Å². The molecule has 0 radical (unpaired) electrons. The van der Waals surface area contributed by atoms with Crippen LogP contribution in [-0.2, 0) is 0 Å². The fourth-order valence-corrected chi connectivity index (χ4v) is 2.26. The van der Waals surface area contributed by atoms with Gasteiger partial charge in [-0.15, -0.1) is 0 Å². The lowest BCUT2D eigenvalue weighted by Crippen LogP contribution is -1.92. The molecule has 2 aromatic rings. The van der Waals surface area contributed by atoms with E-state index in [9.17, 15) is 0 Å². The van der Waals surface area contributed by atoms with E-state index in [1.54, 1.807) is 0 Å². The molecular weight excluding hydrogens is 262 g/mol. The molecule has 1 unspecified atom stereocenters. The maximum absolute atomic E-state index is 5.35. The number of fused-ring (bicyclic) bond motifs is 1. The quantitative estimate of drug-likeness (QED) is 0.762. The zero-order valence-electron chi connectivity index (χ0n) is 12.4. The number of rotatable bonds is 4. The zero-order chi connectivity index (χ0) is 14.7. The van der Waals surface area contributed by atoms with Gasteiger partial charge in [0.05, 0.1) is 5.69 Å². The van der Waals surface area contributed by atoms with E-state index < -0.39 is 0 Å². The van der Waals surface area contributed by atoms with Gasteiger partial charge in [0.25, 0.3) is 0 Å². The van der Waals surface area contributed by atoms with Crippen molar-refractivity contribution < 1.29 is 9.47 Å². The molecule has 0 fully saturated rings. The molecule has 21 heavy (non-hydrogen) atoms. The van der Waals surface area contributed by atoms with Gasteiger partial charge < -0.3 is 9.47 Å². The Morgan fingerprint density at radius 3 is 2.62 bits per heavy atom. The van der Waals surface area contributed by atoms with E-state index in [0.717, 1.165) is 29.2 Å². The summed E-state index contributed by atoms with van der Waals surface area (Å²) in [5, 5.41) is 0. The Labute approximate surface area is 125 Å². The lowest BCUT2D eigenvalue weighted by Gasteiger charge is -2.08. The summed E-state index contributed by atoms with van der Waals surface area (Å²) in [5.74, 6) is 2.15. The first kappa shape index (κ1) is 13.7. The number of hydrogen-bond acceptors (Lipinski definition) is 3. The van der Waals surface area contributed by atoms with Crippen molar-refractivity contribution in [2.45, 2.75) is 26.2 Å². The molecule has 1 heterocycles. The summed E-state index contributed by atoms with van der Waals surface area (Å²) in [5.41, 5.74) is 3.34. The fraction of sp³-hybridized carbons (Fsp3) is 0.278. The number of hydrogen-bond donors (Lipinski definition) is 0. The molecule has 3 heteroatoms. The Bertz CT molecular complexity index is 647. The summed E-state index contributed by atoms with van der Waals surface area (Å²) in [7, 11) is 0. The van der Waals surface area contributed by atoms with Gasteiger partial charge in [0.2, 0.25) is 6.79 Å². The second kappa shape index (κ2) is 6.00. The molecule has 0 N–H and O–H groups in total. The zero-order valence-corrected chi connectivity index (χ0v) is 12.4. The van der Waals surface area contributed by atoms with Crippen molar-refractivity contribution in [2.24, 2.45) is 4.99 Å². The van der Waals surface area contributed by atoms with Gasteiger partial charge in [0, 0.05) is 12.3 Å². The maximum Gasteiger partial charge on any atom is 0.231 e. The maximum atomic E-state index is 5.35. The van der Waals surface area contributed by atoms with Gasteiger partial charge in [-0.05, 0) is 35.6 Å². The second-order valence-electron chi connectivity index (χ2n) is 5.27.